The highest BCUT2D eigenvalue weighted by Crippen LogP contribution is 2.21. The molecule has 3 rings (SSSR count). The highest BCUT2D eigenvalue weighted by atomic mass is 16.2. The van der Waals surface area contributed by atoms with Crippen LogP contribution in [0, 0.1) is 0 Å². The van der Waals surface area contributed by atoms with Crippen LogP contribution in [0.1, 0.15) is 49.7 Å². The van der Waals surface area contributed by atoms with E-state index in [1.807, 2.05) is 20.8 Å². The minimum atomic E-state index is -0.307. The maximum absolute atomic E-state index is 12.9. The molecule has 0 aromatic carbocycles. The maximum atomic E-state index is 12.9. The molecule has 1 amide bonds. The number of nitrogens with zero attached hydrogens (tertiary/aromatic N) is 4. The molecule has 3 heterocycles. The third kappa shape index (κ3) is 3.86. The first-order valence-electron chi connectivity index (χ1n) is 9.24. The second kappa shape index (κ2) is 7.13. The van der Waals surface area contributed by atoms with Gasteiger partial charge >= 0.3 is 0 Å². The molecule has 7 nitrogen and oxygen atoms in total. The molecule has 7 heteroatoms. The zero-order valence-electron chi connectivity index (χ0n) is 16.3. The molecule has 0 radical (unpaired) electrons. The lowest BCUT2D eigenvalue weighted by atomic mass is 9.92. The van der Waals surface area contributed by atoms with E-state index in [2.05, 4.69) is 5.10 Å². The molecule has 1 fully saturated rings. The molecule has 1 aliphatic heterocycles. The van der Waals surface area contributed by atoms with E-state index in [4.69, 9.17) is 0 Å². The van der Waals surface area contributed by atoms with Crippen LogP contribution in [-0.2, 0) is 19.0 Å². The van der Waals surface area contributed by atoms with E-state index in [1.54, 1.807) is 36.3 Å². The summed E-state index contributed by atoms with van der Waals surface area (Å²) in [6, 6.07) is 6.39. The Balaban J connectivity index is 1.88. The number of carbonyl (C=O) groups excluding carboxylic acids is 1. The molecule has 1 aliphatic rings. The van der Waals surface area contributed by atoms with Gasteiger partial charge in [0, 0.05) is 31.3 Å². The number of aryl methyl sites for hydroxylation is 1. The minimum Gasteiger partial charge on any atom is -0.334 e. The van der Waals surface area contributed by atoms with Crippen molar-refractivity contribution in [3.8, 4) is 0 Å². The van der Waals surface area contributed by atoms with E-state index in [0.29, 0.717) is 13.1 Å². The Morgan fingerprint density at radius 2 is 1.96 bits per heavy atom. The molecule has 0 bridgehead atoms. The van der Waals surface area contributed by atoms with Crippen molar-refractivity contribution in [1.29, 1.82) is 0 Å². The van der Waals surface area contributed by atoms with Gasteiger partial charge in [0.1, 0.15) is 5.56 Å². The molecule has 0 aliphatic carbocycles. The summed E-state index contributed by atoms with van der Waals surface area (Å²) in [5.41, 5.74) is 0.332. The lowest BCUT2D eigenvalue weighted by Gasteiger charge is -2.26. The van der Waals surface area contributed by atoms with Gasteiger partial charge in [0.2, 0.25) is 0 Å². The predicted molar refractivity (Wildman–Crippen MR) is 103 cm³/mol. The van der Waals surface area contributed by atoms with Crippen LogP contribution in [0.15, 0.2) is 40.1 Å². The van der Waals surface area contributed by atoms with Crippen molar-refractivity contribution in [1.82, 2.24) is 19.2 Å². The second-order valence-electron chi connectivity index (χ2n) is 8.12. The van der Waals surface area contributed by atoms with Crippen molar-refractivity contribution >= 4 is 5.91 Å². The van der Waals surface area contributed by atoms with Crippen molar-refractivity contribution in [2.45, 2.75) is 51.6 Å². The van der Waals surface area contributed by atoms with Crippen LogP contribution in [0.2, 0.25) is 0 Å². The summed E-state index contributed by atoms with van der Waals surface area (Å²) >= 11 is 0. The Kier molecular flexibility index (Phi) is 5.04. The van der Waals surface area contributed by atoms with Crippen molar-refractivity contribution in [3.63, 3.8) is 0 Å². The fourth-order valence-corrected chi connectivity index (χ4v) is 3.39. The standard InChI is InChI=1S/C20H26N4O3/c1-20(2,3)16-9-10-17(25)24(21-16)13-14-7-5-12-23(14)19(27)15-8-6-11-22(4)18(15)26/h6,8-11,14H,5,7,12-13H2,1-4H3. The number of aromatic nitrogens is 3. The van der Waals surface area contributed by atoms with Gasteiger partial charge in [-0.05, 0) is 31.0 Å². The van der Waals surface area contributed by atoms with Crippen LogP contribution < -0.4 is 11.1 Å². The Labute approximate surface area is 158 Å². The van der Waals surface area contributed by atoms with Gasteiger partial charge in [0.05, 0.1) is 18.3 Å². The number of pyridine rings is 1. The summed E-state index contributed by atoms with van der Waals surface area (Å²) < 4.78 is 2.84. The van der Waals surface area contributed by atoms with Gasteiger partial charge in [-0.25, -0.2) is 4.68 Å². The summed E-state index contributed by atoms with van der Waals surface area (Å²) in [6.07, 6.45) is 3.26. The molecule has 0 saturated carbocycles. The Hall–Kier alpha value is -2.70. The fraction of sp³-hybridized carbons (Fsp3) is 0.500. The predicted octanol–water partition coefficient (Wildman–Crippen LogP) is 1.54. The van der Waals surface area contributed by atoms with Crippen LogP contribution in [0.25, 0.3) is 0 Å². The first-order chi connectivity index (χ1) is 12.7. The van der Waals surface area contributed by atoms with Crippen LogP contribution in [0.3, 0.4) is 0 Å². The molecule has 2 aromatic heterocycles. The van der Waals surface area contributed by atoms with Crippen molar-refractivity contribution in [2.24, 2.45) is 7.05 Å². The van der Waals surface area contributed by atoms with Crippen LogP contribution >= 0.6 is 0 Å². The minimum absolute atomic E-state index is 0.150. The first kappa shape index (κ1) is 19.1. The van der Waals surface area contributed by atoms with Gasteiger partial charge in [-0.2, -0.15) is 5.10 Å². The van der Waals surface area contributed by atoms with Gasteiger partial charge in [-0.3, -0.25) is 14.4 Å². The van der Waals surface area contributed by atoms with E-state index in [1.165, 1.54) is 15.3 Å². The van der Waals surface area contributed by atoms with E-state index < -0.39 is 0 Å². The number of rotatable bonds is 3. The second-order valence-corrected chi connectivity index (χ2v) is 8.12. The van der Waals surface area contributed by atoms with Gasteiger partial charge < -0.3 is 9.47 Å². The molecule has 0 N–H and O–H groups in total. The average molecular weight is 370 g/mol. The summed E-state index contributed by atoms with van der Waals surface area (Å²) in [5, 5.41) is 4.51. The van der Waals surface area contributed by atoms with Gasteiger partial charge in [-0.15, -0.1) is 0 Å². The number of hydrogen-bond acceptors (Lipinski definition) is 4. The molecule has 144 valence electrons. The Morgan fingerprint density at radius 1 is 1.22 bits per heavy atom. The third-order valence-corrected chi connectivity index (χ3v) is 5.01. The monoisotopic (exact) mass is 370 g/mol. The molecule has 2 aromatic rings. The van der Waals surface area contributed by atoms with Gasteiger partial charge in [0.15, 0.2) is 0 Å². The van der Waals surface area contributed by atoms with Crippen LogP contribution in [0.4, 0.5) is 0 Å². The highest BCUT2D eigenvalue weighted by Gasteiger charge is 2.31. The van der Waals surface area contributed by atoms with Crippen molar-refractivity contribution in [3.05, 3.63) is 62.4 Å². The summed E-state index contributed by atoms with van der Waals surface area (Å²) in [6.45, 7) is 7.04. The summed E-state index contributed by atoms with van der Waals surface area (Å²) in [7, 11) is 1.63. The molecule has 0 spiro atoms. The molecular weight excluding hydrogens is 344 g/mol. The SMILES string of the molecule is Cn1cccc(C(=O)N2CCCC2Cn2nc(C(C)(C)C)ccc2=O)c1=O. The lowest BCUT2D eigenvalue weighted by Crippen LogP contribution is -2.43. The zero-order valence-corrected chi connectivity index (χ0v) is 16.3. The van der Waals surface area contributed by atoms with Crippen LogP contribution in [-0.4, -0.2) is 37.7 Å². The number of likely N-dealkylation sites (tertiary alicyclic amines) is 1. The van der Waals surface area contributed by atoms with E-state index in [9.17, 15) is 14.4 Å². The summed E-state index contributed by atoms with van der Waals surface area (Å²) in [4.78, 5) is 39.2. The topological polar surface area (TPSA) is 77.2 Å². The van der Waals surface area contributed by atoms with Crippen molar-refractivity contribution < 1.29 is 4.79 Å². The largest absolute Gasteiger partial charge is 0.334 e. The molecular formula is C20H26N4O3. The van der Waals surface area contributed by atoms with Crippen LogP contribution in [0.5, 0.6) is 0 Å². The van der Waals surface area contributed by atoms with E-state index in [0.717, 1.165) is 18.5 Å². The smallest absolute Gasteiger partial charge is 0.266 e. The van der Waals surface area contributed by atoms with Gasteiger partial charge in [0.25, 0.3) is 17.0 Å². The molecule has 1 saturated heterocycles. The molecule has 1 unspecified atom stereocenters. The third-order valence-electron chi connectivity index (χ3n) is 5.01. The van der Waals surface area contributed by atoms with Crippen molar-refractivity contribution in [2.75, 3.05) is 6.54 Å². The quantitative estimate of drug-likeness (QED) is 0.821. The van der Waals surface area contributed by atoms with E-state index in [-0.39, 0.29) is 34.0 Å². The summed E-state index contributed by atoms with van der Waals surface area (Å²) in [5.74, 6) is -0.279. The van der Waals surface area contributed by atoms with E-state index >= 15 is 0 Å². The molecule has 27 heavy (non-hydrogen) atoms. The Morgan fingerprint density at radius 3 is 2.67 bits per heavy atom. The van der Waals surface area contributed by atoms with Gasteiger partial charge in [-0.1, -0.05) is 20.8 Å². The zero-order chi connectivity index (χ0) is 19.8. The number of hydrogen-bond donors (Lipinski definition) is 0. The average Bonchev–Trinajstić information content (AvgIpc) is 3.06. The number of carbonyl (C=O) groups is 1. The number of amides is 1. The Bertz CT molecular complexity index is 968. The highest BCUT2D eigenvalue weighted by molar-refractivity contribution is 5.94. The normalized spacial score (nSPS) is 17.3. The lowest BCUT2D eigenvalue weighted by molar-refractivity contribution is 0.0717. The maximum Gasteiger partial charge on any atom is 0.266 e. The first-order valence-corrected chi connectivity index (χ1v) is 9.24. The fourth-order valence-electron chi connectivity index (χ4n) is 3.39. The molecule has 1 atom stereocenters.